The van der Waals surface area contributed by atoms with Gasteiger partial charge < -0.3 is 10.1 Å². The highest BCUT2D eigenvalue weighted by atomic mass is 35.5. The van der Waals surface area contributed by atoms with Crippen molar-refractivity contribution in [2.24, 2.45) is 0 Å². The molecule has 0 aromatic heterocycles. The van der Waals surface area contributed by atoms with E-state index >= 15 is 0 Å². The Labute approximate surface area is 107 Å². The van der Waals surface area contributed by atoms with E-state index in [4.69, 9.17) is 16.3 Å². The zero-order valence-electron chi connectivity index (χ0n) is 10.1. The maximum Gasteiger partial charge on any atom is 0.129 e. The molecule has 0 spiro atoms. The topological polar surface area (TPSA) is 21.3 Å². The largest absolute Gasteiger partial charge is 0.385 e. The second-order valence-electron chi connectivity index (χ2n) is 3.93. The predicted molar refractivity (Wildman–Crippen MR) is 68.8 cm³/mol. The van der Waals surface area contributed by atoms with Crippen LogP contribution in [0.2, 0.25) is 5.02 Å². The minimum absolute atomic E-state index is 0.246. The fraction of sp³-hybridized carbons (Fsp3) is 0.538. The Morgan fingerprint density at radius 2 is 2.12 bits per heavy atom. The summed E-state index contributed by atoms with van der Waals surface area (Å²) >= 11 is 5.91. The molecule has 1 aromatic carbocycles. The van der Waals surface area contributed by atoms with Crippen molar-refractivity contribution in [2.75, 3.05) is 20.3 Å². The number of hydrogen-bond acceptors (Lipinski definition) is 2. The van der Waals surface area contributed by atoms with Gasteiger partial charge in [-0.05, 0) is 37.9 Å². The second kappa shape index (κ2) is 8.45. The number of nitrogens with one attached hydrogen (secondary N) is 1. The fourth-order valence-electron chi connectivity index (χ4n) is 1.59. The van der Waals surface area contributed by atoms with Crippen molar-refractivity contribution in [1.82, 2.24) is 5.32 Å². The summed E-state index contributed by atoms with van der Waals surface area (Å²) in [6.45, 7) is 2.16. The third-order valence-electron chi connectivity index (χ3n) is 2.57. The van der Waals surface area contributed by atoms with Crippen molar-refractivity contribution < 1.29 is 9.13 Å². The van der Waals surface area contributed by atoms with Crippen molar-refractivity contribution in [2.45, 2.75) is 25.8 Å². The molecule has 96 valence electrons. The molecule has 0 aliphatic heterocycles. The lowest BCUT2D eigenvalue weighted by Gasteiger charge is -2.07. The van der Waals surface area contributed by atoms with E-state index in [1.54, 1.807) is 19.2 Å². The molecule has 0 saturated carbocycles. The maximum atomic E-state index is 13.4. The smallest absolute Gasteiger partial charge is 0.129 e. The van der Waals surface area contributed by atoms with Gasteiger partial charge in [-0.2, -0.15) is 0 Å². The second-order valence-corrected chi connectivity index (χ2v) is 4.34. The summed E-state index contributed by atoms with van der Waals surface area (Å²) in [5, 5.41) is 3.68. The van der Waals surface area contributed by atoms with Gasteiger partial charge in [0.1, 0.15) is 5.82 Å². The average Bonchev–Trinajstić information content (AvgIpc) is 2.31. The van der Waals surface area contributed by atoms with E-state index in [1.165, 1.54) is 6.07 Å². The van der Waals surface area contributed by atoms with Gasteiger partial charge >= 0.3 is 0 Å². The molecule has 0 heterocycles. The lowest BCUT2D eigenvalue weighted by atomic mass is 10.2. The molecule has 0 fully saturated rings. The first-order chi connectivity index (χ1) is 8.25. The number of benzene rings is 1. The van der Waals surface area contributed by atoms with Crippen LogP contribution in [0.5, 0.6) is 0 Å². The van der Waals surface area contributed by atoms with Crippen LogP contribution in [0.3, 0.4) is 0 Å². The van der Waals surface area contributed by atoms with Crippen LogP contribution < -0.4 is 5.32 Å². The van der Waals surface area contributed by atoms with Crippen molar-refractivity contribution in [3.05, 3.63) is 34.6 Å². The zero-order valence-corrected chi connectivity index (χ0v) is 10.9. The summed E-state index contributed by atoms with van der Waals surface area (Å²) in [4.78, 5) is 0. The Bertz CT molecular complexity index is 313. The Kier molecular flexibility index (Phi) is 7.17. The molecular weight excluding hydrogens is 241 g/mol. The summed E-state index contributed by atoms with van der Waals surface area (Å²) in [6.07, 6.45) is 3.25. The molecule has 0 aliphatic rings. The summed E-state index contributed by atoms with van der Waals surface area (Å²) < 4.78 is 18.3. The number of rotatable bonds is 8. The van der Waals surface area contributed by atoms with Crippen LogP contribution in [-0.2, 0) is 11.3 Å². The molecule has 0 saturated heterocycles. The maximum absolute atomic E-state index is 13.4. The van der Waals surface area contributed by atoms with Crippen LogP contribution in [0.15, 0.2) is 18.2 Å². The zero-order chi connectivity index (χ0) is 12.5. The SMILES string of the molecule is COCCCCCNCc1c(F)cccc1Cl. The van der Waals surface area contributed by atoms with Crippen molar-refractivity contribution >= 4 is 11.6 Å². The first kappa shape index (κ1) is 14.4. The van der Waals surface area contributed by atoms with Gasteiger partial charge in [-0.3, -0.25) is 0 Å². The fourth-order valence-corrected chi connectivity index (χ4v) is 1.82. The molecule has 1 N–H and O–H groups in total. The summed E-state index contributed by atoms with van der Waals surface area (Å²) in [6, 6.07) is 4.76. The molecule has 0 atom stereocenters. The van der Waals surface area contributed by atoms with Crippen LogP contribution in [0.25, 0.3) is 0 Å². The van der Waals surface area contributed by atoms with Gasteiger partial charge in [0.2, 0.25) is 0 Å². The molecule has 2 nitrogen and oxygen atoms in total. The van der Waals surface area contributed by atoms with Crippen molar-refractivity contribution in [3.8, 4) is 0 Å². The Hall–Kier alpha value is -0.640. The van der Waals surface area contributed by atoms with Gasteiger partial charge in [0.15, 0.2) is 0 Å². The number of methoxy groups -OCH3 is 1. The van der Waals surface area contributed by atoms with Gasteiger partial charge in [0, 0.05) is 30.8 Å². The minimum Gasteiger partial charge on any atom is -0.385 e. The van der Waals surface area contributed by atoms with Crippen LogP contribution in [0, 0.1) is 5.82 Å². The van der Waals surface area contributed by atoms with Gasteiger partial charge in [-0.25, -0.2) is 4.39 Å². The van der Waals surface area contributed by atoms with Gasteiger partial charge in [-0.15, -0.1) is 0 Å². The predicted octanol–water partition coefficient (Wildman–Crippen LogP) is 3.39. The first-order valence-electron chi connectivity index (χ1n) is 5.88. The first-order valence-corrected chi connectivity index (χ1v) is 6.26. The van der Waals surface area contributed by atoms with E-state index in [0.717, 1.165) is 32.4 Å². The van der Waals surface area contributed by atoms with Gasteiger partial charge in [0.25, 0.3) is 0 Å². The molecule has 17 heavy (non-hydrogen) atoms. The molecular formula is C13H19ClFNO. The summed E-state index contributed by atoms with van der Waals surface area (Å²) in [5.74, 6) is -0.246. The Morgan fingerprint density at radius 1 is 1.29 bits per heavy atom. The van der Waals surface area contributed by atoms with Crippen LogP contribution in [0.4, 0.5) is 4.39 Å². The van der Waals surface area contributed by atoms with Crippen LogP contribution >= 0.6 is 11.6 Å². The monoisotopic (exact) mass is 259 g/mol. The van der Waals surface area contributed by atoms with E-state index in [9.17, 15) is 4.39 Å². The third-order valence-corrected chi connectivity index (χ3v) is 2.92. The average molecular weight is 260 g/mol. The lowest BCUT2D eigenvalue weighted by molar-refractivity contribution is 0.192. The van der Waals surface area contributed by atoms with Gasteiger partial charge in [-0.1, -0.05) is 17.7 Å². The number of unbranched alkanes of at least 4 members (excludes halogenated alkanes) is 2. The molecule has 1 rings (SSSR count). The molecule has 0 aliphatic carbocycles. The standard InChI is InChI=1S/C13H19ClFNO/c1-17-9-4-2-3-8-16-10-11-12(14)6-5-7-13(11)15/h5-7,16H,2-4,8-10H2,1H3. The van der Waals surface area contributed by atoms with E-state index in [-0.39, 0.29) is 5.82 Å². The molecule has 0 amide bonds. The van der Waals surface area contributed by atoms with Gasteiger partial charge in [0.05, 0.1) is 0 Å². The number of ether oxygens (including phenoxy) is 1. The summed E-state index contributed by atoms with van der Waals surface area (Å²) in [5.41, 5.74) is 0.547. The van der Waals surface area contributed by atoms with Crippen molar-refractivity contribution in [1.29, 1.82) is 0 Å². The van der Waals surface area contributed by atoms with E-state index < -0.39 is 0 Å². The normalized spacial score (nSPS) is 10.8. The highest BCUT2D eigenvalue weighted by Crippen LogP contribution is 2.18. The minimum atomic E-state index is -0.246. The van der Waals surface area contributed by atoms with Crippen molar-refractivity contribution in [3.63, 3.8) is 0 Å². The summed E-state index contributed by atoms with van der Waals surface area (Å²) in [7, 11) is 1.71. The molecule has 4 heteroatoms. The van der Waals surface area contributed by atoms with Crippen LogP contribution in [0.1, 0.15) is 24.8 Å². The molecule has 0 radical (unpaired) electrons. The van der Waals surface area contributed by atoms with E-state index in [0.29, 0.717) is 17.1 Å². The molecule has 0 bridgehead atoms. The Morgan fingerprint density at radius 3 is 2.82 bits per heavy atom. The van der Waals surface area contributed by atoms with Crippen LogP contribution in [-0.4, -0.2) is 20.3 Å². The van der Waals surface area contributed by atoms with E-state index in [2.05, 4.69) is 5.32 Å². The number of halogens is 2. The third kappa shape index (κ3) is 5.48. The lowest BCUT2D eigenvalue weighted by Crippen LogP contribution is -2.16. The highest BCUT2D eigenvalue weighted by molar-refractivity contribution is 6.31. The molecule has 1 aromatic rings. The Balaban J connectivity index is 2.18. The quantitative estimate of drug-likeness (QED) is 0.723. The molecule has 0 unspecified atom stereocenters. The highest BCUT2D eigenvalue weighted by Gasteiger charge is 2.05. The number of hydrogen-bond donors (Lipinski definition) is 1. The van der Waals surface area contributed by atoms with E-state index in [1.807, 2.05) is 0 Å².